The van der Waals surface area contributed by atoms with Crippen molar-refractivity contribution in [2.75, 3.05) is 19.0 Å². The summed E-state index contributed by atoms with van der Waals surface area (Å²) in [7, 11) is 1.62. The number of methoxy groups -OCH3 is 1. The van der Waals surface area contributed by atoms with Gasteiger partial charge in [0.15, 0.2) is 5.75 Å². The minimum Gasteiger partial charge on any atom is -0.494 e. The smallest absolute Gasteiger partial charge is 0.222 e. The Hall–Kier alpha value is -1.32. The largest absolute Gasteiger partial charge is 0.494 e. The Morgan fingerprint density at radius 1 is 1.38 bits per heavy atom. The first-order valence-corrected chi connectivity index (χ1v) is 5.88. The van der Waals surface area contributed by atoms with Crippen LogP contribution in [-0.2, 0) is 0 Å². The molecule has 0 aliphatic heterocycles. The van der Waals surface area contributed by atoms with Gasteiger partial charge in [-0.05, 0) is 24.7 Å². The molecule has 1 aromatic heterocycles. The molecule has 88 valence electrons. The van der Waals surface area contributed by atoms with Crippen LogP contribution in [-0.4, -0.2) is 23.6 Å². The van der Waals surface area contributed by atoms with Crippen molar-refractivity contribution in [3.63, 3.8) is 0 Å². The zero-order valence-corrected chi connectivity index (χ0v) is 9.99. The van der Waals surface area contributed by atoms with Gasteiger partial charge in [0.25, 0.3) is 0 Å². The average Bonchev–Trinajstić information content (AvgIpc) is 2.29. The minimum atomic E-state index is 0.489. The fourth-order valence-electron chi connectivity index (χ4n) is 2.11. The van der Waals surface area contributed by atoms with Crippen LogP contribution in [0.4, 0.5) is 5.95 Å². The van der Waals surface area contributed by atoms with Crippen LogP contribution in [0.1, 0.15) is 32.6 Å². The van der Waals surface area contributed by atoms with Gasteiger partial charge in [-0.15, -0.1) is 0 Å². The highest BCUT2D eigenvalue weighted by molar-refractivity contribution is 5.27. The van der Waals surface area contributed by atoms with E-state index in [1.165, 1.54) is 25.7 Å². The van der Waals surface area contributed by atoms with Crippen LogP contribution >= 0.6 is 0 Å². The van der Waals surface area contributed by atoms with Crippen molar-refractivity contribution >= 4 is 5.95 Å². The molecule has 0 unspecified atom stereocenters. The maximum atomic E-state index is 5.02. The first-order valence-electron chi connectivity index (χ1n) is 5.88. The highest BCUT2D eigenvalue weighted by Gasteiger charge is 2.34. The van der Waals surface area contributed by atoms with Crippen LogP contribution in [0.15, 0.2) is 12.4 Å². The molecule has 1 N–H and O–H groups in total. The van der Waals surface area contributed by atoms with Crippen LogP contribution < -0.4 is 10.1 Å². The first kappa shape index (κ1) is 11.2. The summed E-state index contributed by atoms with van der Waals surface area (Å²) in [6.07, 6.45) is 8.62. The summed E-state index contributed by atoms with van der Waals surface area (Å²) in [6, 6.07) is 0. The third kappa shape index (κ3) is 2.26. The molecule has 1 aromatic rings. The van der Waals surface area contributed by atoms with E-state index in [0.29, 0.717) is 17.1 Å². The van der Waals surface area contributed by atoms with Crippen LogP contribution in [0, 0.1) is 5.41 Å². The molecular formula is C12H19N3O. The monoisotopic (exact) mass is 221 g/mol. The van der Waals surface area contributed by atoms with Crippen molar-refractivity contribution in [1.82, 2.24) is 9.97 Å². The van der Waals surface area contributed by atoms with Gasteiger partial charge in [0.2, 0.25) is 5.95 Å². The van der Waals surface area contributed by atoms with Crippen molar-refractivity contribution in [3.8, 4) is 5.75 Å². The first-order chi connectivity index (χ1) is 7.78. The summed E-state index contributed by atoms with van der Waals surface area (Å²) in [6.45, 7) is 3.24. The van der Waals surface area contributed by atoms with E-state index in [2.05, 4.69) is 22.2 Å². The van der Waals surface area contributed by atoms with Gasteiger partial charge in [0, 0.05) is 6.54 Å². The molecule has 0 atom stereocenters. The van der Waals surface area contributed by atoms with Crippen LogP contribution in [0.3, 0.4) is 0 Å². The Morgan fingerprint density at radius 2 is 2.06 bits per heavy atom. The van der Waals surface area contributed by atoms with Crippen LogP contribution in [0.2, 0.25) is 0 Å². The molecule has 1 aliphatic carbocycles. The molecule has 1 aliphatic rings. The SMILES string of the molecule is CCC1(CNc2ncc(OC)cn2)CCC1. The number of aromatic nitrogens is 2. The lowest BCUT2D eigenvalue weighted by Crippen LogP contribution is -2.36. The normalized spacial score (nSPS) is 17.6. The maximum absolute atomic E-state index is 5.02. The Balaban J connectivity index is 1.89. The molecule has 4 heteroatoms. The molecule has 4 nitrogen and oxygen atoms in total. The van der Waals surface area contributed by atoms with E-state index in [1.807, 2.05) is 0 Å². The summed E-state index contributed by atoms with van der Waals surface area (Å²) in [5.74, 6) is 1.39. The van der Waals surface area contributed by atoms with E-state index in [9.17, 15) is 0 Å². The van der Waals surface area contributed by atoms with Crippen molar-refractivity contribution in [1.29, 1.82) is 0 Å². The zero-order valence-electron chi connectivity index (χ0n) is 9.99. The quantitative estimate of drug-likeness (QED) is 0.829. The van der Waals surface area contributed by atoms with Gasteiger partial charge in [0.1, 0.15) is 0 Å². The molecule has 0 saturated heterocycles. The third-order valence-corrected chi connectivity index (χ3v) is 3.65. The lowest BCUT2D eigenvalue weighted by atomic mass is 9.67. The van der Waals surface area contributed by atoms with E-state index in [0.717, 1.165) is 6.54 Å². The fourth-order valence-corrected chi connectivity index (χ4v) is 2.11. The third-order valence-electron chi connectivity index (χ3n) is 3.65. The van der Waals surface area contributed by atoms with Crippen LogP contribution in [0.5, 0.6) is 5.75 Å². The van der Waals surface area contributed by atoms with E-state index >= 15 is 0 Å². The molecule has 2 rings (SSSR count). The second-order valence-corrected chi connectivity index (χ2v) is 4.51. The average molecular weight is 221 g/mol. The van der Waals surface area contributed by atoms with E-state index in [-0.39, 0.29) is 0 Å². The summed E-state index contributed by atoms with van der Waals surface area (Å²) < 4.78 is 5.02. The second-order valence-electron chi connectivity index (χ2n) is 4.51. The van der Waals surface area contributed by atoms with Crippen molar-refractivity contribution in [3.05, 3.63) is 12.4 Å². The van der Waals surface area contributed by atoms with Crippen molar-refractivity contribution < 1.29 is 4.74 Å². The highest BCUT2D eigenvalue weighted by Crippen LogP contribution is 2.43. The number of hydrogen-bond donors (Lipinski definition) is 1. The van der Waals surface area contributed by atoms with Gasteiger partial charge >= 0.3 is 0 Å². The molecule has 0 spiro atoms. The summed E-state index contributed by atoms with van der Waals surface area (Å²) >= 11 is 0. The van der Waals surface area contributed by atoms with Crippen molar-refractivity contribution in [2.24, 2.45) is 5.41 Å². The zero-order chi connectivity index (χ0) is 11.4. The molecule has 16 heavy (non-hydrogen) atoms. The summed E-state index contributed by atoms with van der Waals surface area (Å²) in [4.78, 5) is 8.40. The highest BCUT2D eigenvalue weighted by atomic mass is 16.5. The van der Waals surface area contributed by atoms with Gasteiger partial charge in [-0.1, -0.05) is 13.3 Å². The molecule has 0 bridgehead atoms. The van der Waals surface area contributed by atoms with Gasteiger partial charge in [-0.25, -0.2) is 9.97 Å². The summed E-state index contributed by atoms with van der Waals surface area (Å²) in [5, 5.41) is 3.31. The lowest BCUT2D eigenvalue weighted by Gasteiger charge is -2.41. The Bertz CT molecular complexity index is 327. The van der Waals surface area contributed by atoms with Gasteiger partial charge < -0.3 is 10.1 Å². The van der Waals surface area contributed by atoms with Gasteiger partial charge in [-0.2, -0.15) is 0 Å². The predicted molar refractivity (Wildman–Crippen MR) is 63.6 cm³/mol. The Morgan fingerprint density at radius 3 is 2.50 bits per heavy atom. The molecule has 0 aromatic carbocycles. The topological polar surface area (TPSA) is 47.0 Å². The van der Waals surface area contributed by atoms with Crippen LogP contribution in [0.25, 0.3) is 0 Å². The maximum Gasteiger partial charge on any atom is 0.222 e. The van der Waals surface area contributed by atoms with Crippen molar-refractivity contribution in [2.45, 2.75) is 32.6 Å². The molecule has 1 heterocycles. The summed E-state index contributed by atoms with van der Waals surface area (Å²) in [5.41, 5.74) is 0.489. The molecule has 1 fully saturated rings. The molecule has 0 radical (unpaired) electrons. The van der Waals surface area contributed by atoms with Gasteiger partial charge in [0.05, 0.1) is 19.5 Å². The molecular weight excluding hydrogens is 202 g/mol. The lowest BCUT2D eigenvalue weighted by molar-refractivity contribution is 0.144. The minimum absolute atomic E-state index is 0.489. The Kier molecular flexibility index (Phi) is 3.27. The number of hydrogen-bond acceptors (Lipinski definition) is 4. The predicted octanol–water partition coefficient (Wildman–Crippen LogP) is 2.48. The number of rotatable bonds is 5. The molecule has 0 amide bonds. The number of nitrogens with one attached hydrogen (secondary N) is 1. The van der Waals surface area contributed by atoms with E-state index < -0.39 is 0 Å². The number of nitrogens with zero attached hydrogens (tertiary/aromatic N) is 2. The number of ether oxygens (including phenoxy) is 1. The van der Waals surface area contributed by atoms with E-state index in [1.54, 1.807) is 19.5 Å². The van der Waals surface area contributed by atoms with Gasteiger partial charge in [-0.3, -0.25) is 0 Å². The second kappa shape index (κ2) is 4.68. The number of anilines is 1. The molecule has 1 saturated carbocycles. The fraction of sp³-hybridized carbons (Fsp3) is 0.667. The Labute approximate surface area is 96.4 Å². The van der Waals surface area contributed by atoms with E-state index in [4.69, 9.17) is 4.74 Å². The standard InChI is InChI=1S/C12H19N3O/c1-3-12(5-4-6-12)9-15-11-13-7-10(16-2)8-14-11/h7-8H,3-6,9H2,1-2H3,(H,13,14,15).